The first-order valence-corrected chi connectivity index (χ1v) is 8.88. The van der Waals surface area contributed by atoms with Gasteiger partial charge in [0.05, 0.1) is 17.7 Å². The van der Waals surface area contributed by atoms with Gasteiger partial charge in [0.25, 0.3) is 5.91 Å². The first kappa shape index (κ1) is 19.4. The number of alkyl halides is 3. The Balaban J connectivity index is 1.52. The Kier molecular flexibility index (Phi) is 5.05. The van der Waals surface area contributed by atoms with Crippen molar-refractivity contribution < 1.29 is 18.0 Å². The number of amides is 1. The van der Waals surface area contributed by atoms with Crippen LogP contribution in [0, 0.1) is 0 Å². The molecule has 152 valence electrons. The first-order chi connectivity index (χ1) is 14.4. The van der Waals surface area contributed by atoms with Gasteiger partial charge in [0.1, 0.15) is 5.82 Å². The molecular weight excluding hydrogens is 397 g/mol. The van der Waals surface area contributed by atoms with Crippen LogP contribution in [0.1, 0.15) is 21.7 Å². The van der Waals surface area contributed by atoms with Gasteiger partial charge >= 0.3 is 6.18 Å². The van der Waals surface area contributed by atoms with Crippen LogP contribution in [-0.4, -0.2) is 25.5 Å². The van der Waals surface area contributed by atoms with Crippen LogP contribution in [0.4, 0.5) is 24.7 Å². The van der Waals surface area contributed by atoms with Crippen molar-refractivity contribution in [2.24, 2.45) is 0 Å². The number of nitrogens with zero attached hydrogens (tertiary/aromatic N) is 4. The molecule has 0 radical (unpaired) electrons. The lowest BCUT2D eigenvalue weighted by molar-refractivity contribution is -0.137. The maximum atomic E-state index is 12.9. The van der Waals surface area contributed by atoms with Crippen LogP contribution in [0.2, 0.25) is 0 Å². The molecule has 0 bridgehead atoms. The normalized spacial score (nSPS) is 11.4. The SMILES string of the molecule is O=C(NCc1nnc2ccccn12)c1cccnc1Nc1cccc(C(F)(F)F)c1. The molecule has 0 saturated carbocycles. The van der Waals surface area contributed by atoms with Crippen molar-refractivity contribution in [3.05, 3.63) is 83.9 Å². The summed E-state index contributed by atoms with van der Waals surface area (Å²) in [5, 5.41) is 13.6. The van der Waals surface area contributed by atoms with Crippen molar-refractivity contribution in [2.45, 2.75) is 12.7 Å². The van der Waals surface area contributed by atoms with Gasteiger partial charge in [-0.25, -0.2) is 4.98 Å². The molecule has 10 heteroatoms. The summed E-state index contributed by atoms with van der Waals surface area (Å²) in [6.07, 6.45) is -1.25. The van der Waals surface area contributed by atoms with Crippen molar-refractivity contribution in [3.63, 3.8) is 0 Å². The fraction of sp³-hybridized carbons (Fsp3) is 0.100. The third-order valence-electron chi connectivity index (χ3n) is 4.30. The summed E-state index contributed by atoms with van der Waals surface area (Å²) in [4.78, 5) is 16.8. The van der Waals surface area contributed by atoms with Gasteiger partial charge in [0.2, 0.25) is 0 Å². The third-order valence-corrected chi connectivity index (χ3v) is 4.30. The third kappa shape index (κ3) is 4.07. The zero-order valence-electron chi connectivity index (χ0n) is 15.4. The molecule has 0 aliphatic heterocycles. The minimum atomic E-state index is -4.47. The molecular formula is C20H15F3N6O. The highest BCUT2D eigenvalue weighted by Gasteiger charge is 2.30. The number of hydrogen-bond acceptors (Lipinski definition) is 5. The summed E-state index contributed by atoms with van der Waals surface area (Å²) in [5.74, 6) is 0.223. The molecule has 7 nitrogen and oxygen atoms in total. The number of aromatic nitrogens is 4. The number of benzene rings is 1. The molecule has 2 N–H and O–H groups in total. The Morgan fingerprint density at radius 1 is 1.03 bits per heavy atom. The molecule has 0 aliphatic carbocycles. The molecule has 3 aromatic heterocycles. The number of halogens is 3. The summed E-state index contributed by atoms with van der Waals surface area (Å²) < 4.78 is 40.6. The van der Waals surface area contributed by atoms with Crippen molar-refractivity contribution in [1.82, 2.24) is 24.9 Å². The summed E-state index contributed by atoms with van der Waals surface area (Å²) >= 11 is 0. The van der Waals surface area contributed by atoms with Crippen molar-refractivity contribution in [3.8, 4) is 0 Å². The second-order valence-corrected chi connectivity index (χ2v) is 6.33. The summed E-state index contributed by atoms with van der Waals surface area (Å²) in [6.45, 7) is 0.113. The molecule has 0 spiro atoms. The van der Waals surface area contributed by atoms with E-state index in [0.29, 0.717) is 11.5 Å². The topological polar surface area (TPSA) is 84.2 Å². The molecule has 0 unspecified atom stereocenters. The smallest absolute Gasteiger partial charge is 0.345 e. The van der Waals surface area contributed by atoms with Gasteiger partial charge in [-0.1, -0.05) is 12.1 Å². The van der Waals surface area contributed by atoms with Crippen LogP contribution >= 0.6 is 0 Å². The minimum absolute atomic E-state index is 0.113. The Hall–Kier alpha value is -3.95. The van der Waals surface area contributed by atoms with Gasteiger partial charge in [-0.2, -0.15) is 13.2 Å². The van der Waals surface area contributed by atoms with E-state index in [1.165, 1.54) is 24.4 Å². The average Bonchev–Trinajstić information content (AvgIpc) is 3.15. The molecule has 0 atom stereocenters. The number of carbonyl (C=O) groups is 1. The van der Waals surface area contributed by atoms with Crippen LogP contribution in [0.5, 0.6) is 0 Å². The number of anilines is 2. The van der Waals surface area contributed by atoms with Crippen LogP contribution in [0.15, 0.2) is 67.0 Å². The predicted molar refractivity (Wildman–Crippen MR) is 103 cm³/mol. The molecule has 0 saturated heterocycles. The second-order valence-electron chi connectivity index (χ2n) is 6.33. The molecule has 3 heterocycles. The monoisotopic (exact) mass is 412 g/mol. The number of rotatable bonds is 5. The Morgan fingerprint density at radius 3 is 2.73 bits per heavy atom. The van der Waals surface area contributed by atoms with Crippen LogP contribution < -0.4 is 10.6 Å². The molecule has 1 amide bonds. The van der Waals surface area contributed by atoms with Crippen LogP contribution in [0.3, 0.4) is 0 Å². The quantitative estimate of drug-likeness (QED) is 0.521. The zero-order chi connectivity index (χ0) is 21.1. The maximum absolute atomic E-state index is 12.9. The van der Waals surface area contributed by atoms with E-state index < -0.39 is 17.6 Å². The van der Waals surface area contributed by atoms with Gasteiger partial charge in [-0.15, -0.1) is 10.2 Å². The summed E-state index contributed by atoms with van der Waals surface area (Å²) in [6, 6.07) is 13.2. The highest BCUT2D eigenvalue weighted by atomic mass is 19.4. The molecule has 1 aromatic carbocycles. The van der Waals surface area contributed by atoms with Gasteiger partial charge in [-0.3, -0.25) is 9.20 Å². The van der Waals surface area contributed by atoms with Gasteiger partial charge in [0.15, 0.2) is 11.5 Å². The number of fused-ring (bicyclic) bond motifs is 1. The fourth-order valence-electron chi connectivity index (χ4n) is 2.86. The Morgan fingerprint density at radius 2 is 1.90 bits per heavy atom. The zero-order valence-corrected chi connectivity index (χ0v) is 15.4. The average molecular weight is 412 g/mol. The van der Waals surface area contributed by atoms with Crippen molar-refractivity contribution in [2.75, 3.05) is 5.32 Å². The largest absolute Gasteiger partial charge is 0.416 e. The summed E-state index contributed by atoms with van der Waals surface area (Å²) in [5.41, 5.74) is 0.202. The number of carbonyl (C=O) groups excluding carboxylic acids is 1. The van der Waals surface area contributed by atoms with E-state index in [-0.39, 0.29) is 23.6 Å². The van der Waals surface area contributed by atoms with E-state index in [0.717, 1.165) is 12.1 Å². The van der Waals surface area contributed by atoms with Crippen molar-refractivity contribution >= 4 is 23.1 Å². The van der Waals surface area contributed by atoms with E-state index >= 15 is 0 Å². The van der Waals surface area contributed by atoms with Gasteiger partial charge < -0.3 is 10.6 Å². The molecule has 4 aromatic rings. The second kappa shape index (κ2) is 7.82. The number of nitrogens with one attached hydrogen (secondary N) is 2. The Labute approximate surface area is 168 Å². The Bertz CT molecular complexity index is 1200. The molecule has 30 heavy (non-hydrogen) atoms. The lowest BCUT2D eigenvalue weighted by atomic mass is 10.2. The van der Waals surface area contributed by atoms with Crippen molar-refractivity contribution in [1.29, 1.82) is 0 Å². The lowest BCUT2D eigenvalue weighted by Gasteiger charge is -2.13. The van der Waals surface area contributed by atoms with Crippen LogP contribution in [0.25, 0.3) is 5.65 Å². The molecule has 0 aliphatic rings. The first-order valence-electron chi connectivity index (χ1n) is 8.88. The lowest BCUT2D eigenvalue weighted by Crippen LogP contribution is -2.25. The van der Waals surface area contributed by atoms with E-state index in [1.54, 1.807) is 22.7 Å². The fourth-order valence-corrected chi connectivity index (χ4v) is 2.86. The van der Waals surface area contributed by atoms with E-state index in [2.05, 4.69) is 25.8 Å². The maximum Gasteiger partial charge on any atom is 0.416 e. The standard InChI is InChI=1S/C20H15F3N6O/c21-20(22,23)13-5-3-6-14(11-13)26-18-15(7-4-9-24-18)19(30)25-12-17-28-27-16-8-1-2-10-29(16)17/h1-11H,12H2,(H,24,26)(H,25,30). The van der Waals surface area contributed by atoms with E-state index in [4.69, 9.17) is 0 Å². The predicted octanol–water partition coefficient (Wildman–Crippen LogP) is 3.82. The molecule has 4 rings (SSSR count). The highest BCUT2D eigenvalue weighted by Crippen LogP contribution is 2.31. The molecule has 0 fully saturated rings. The van der Waals surface area contributed by atoms with Gasteiger partial charge in [0, 0.05) is 18.1 Å². The van der Waals surface area contributed by atoms with E-state index in [1.807, 2.05) is 12.1 Å². The summed E-state index contributed by atoms with van der Waals surface area (Å²) in [7, 11) is 0. The highest BCUT2D eigenvalue weighted by molar-refractivity contribution is 5.99. The minimum Gasteiger partial charge on any atom is -0.345 e. The van der Waals surface area contributed by atoms with Crippen LogP contribution in [-0.2, 0) is 12.7 Å². The van der Waals surface area contributed by atoms with Gasteiger partial charge in [-0.05, 0) is 42.5 Å². The number of hydrogen-bond donors (Lipinski definition) is 2. The van der Waals surface area contributed by atoms with E-state index in [9.17, 15) is 18.0 Å². The number of pyridine rings is 2.